The monoisotopic (exact) mass is 274 g/mol. The second-order valence-electron chi connectivity index (χ2n) is 4.53. The lowest BCUT2D eigenvalue weighted by Gasteiger charge is -2.29. The van der Waals surface area contributed by atoms with Gasteiger partial charge in [-0.15, -0.1) is 0 Å². The summed E-state index contributed by atoms with van der Waals surface area (Å²) in [5, 5.41) is 35.9. The highest BCUT2D eigenvalue weighted by Crippen LogP contribution is 2.38. The van der Waals surface area contributed by atoms with E-state index >= 15 is 0 Å². The average molecular weight is 274 g/mol. The topological polar surface area (TPSA) is 115 Å². The van der Waals surface area contributed by atoms with Crippen LogP contribution in [0.3, 0.4) is 0 Å². The zero-order valence-corrected chi connectivity index (χ0v) is 11.0. The highest BCUT2D eigenvalue weighted by molar-refractivity contribution is 5.95. The van der Waals surface area contributed by atoms with Crippen molar-refractivity contribution < 1.29 is 30.0 Å². The van der Waals surface area contributed by atoms with E-state index < -0.39 is 17.4 Å². The number of rotatable bonds is 11. The van der Waals surface area contributed by atoms with Crippen LogP contribution in [0.4, 0.5) is 0 Å². The molecule has 0 aliphatic rings. The van der Waals surface area contributed by atoms with Crippen LogP contribution >= 0.6 is 0 Å². The summed E-state index contributed by atoms with van der Waals surface area (Å²) in [6.07, 6.45) is 1.91. The van der Waals surface area contributed by atoms with Gasteiger partial charge in [0.05, 0.1) is 5.41 Å². The Labute approximate surface area is 112 Å². The largest absolute Gasteiger partial charge is 0.481 e. The van der Waals surface area contributed by atoms with Gasteiger partial charge in [-0.3, -0.25) is 4.79 Å². The molecule has 0 aromatic carbocycles. The minimum atomic E-state index is -1.52. The van der Waals surface area contributed by atoms with Gasteiger partial charge in [-0.2, -0.15) is 0 Å². The standard InChI is InChI=1S/C13H22O6/c1-10(11(16)17)13(12(18)19,6-2-4-8-14)7-3-5-9-15/h14-15H,1-9H2,(H,16,17)(H,18,19). The molecule has 0 radical (unpaired) electrons. The van der Waals surface area contributed by atoms with Crippen LogP contribution in [0.25, 0.3) is 0 Å². The van der Waals surface area contributed by atoms with Gasteiger partial charge < -0.3 is 20.4 Å². The molecule has 6 heteroatoms. The van der Waals surface area contributed by atoms with Crippen LogP contribution in [-0.2, 0) is 9.59 Å². The molecule has 19 heavy (non-hydrogen) atoms. The molecular weight excluding hydrogens is 252 g/mol. The van der Waals surface area contributed by atoms with Crippen molar-refractivity contribution in [2.45, 2.75) is 38.5 Å². The minimum Gasteiger partial charge on any atom is -0.481 e. The molecule has 0 atom stereocenters. The first-order valence-electron chi connectivity index (χ1n) is 6.30. The van der Waals surface area contributed by atoms with Gasteiger partial charge in [0.2, 0.25) is 0 Å². The maximum atomic E-state index is 11.5. The number of carbonyl (C=O) groups is 2. The number of aliphatic hydroxyl groups is 2. The fraction of sp³-hybridized carbons (Fsp3) is 0.692. The third-order valence-electron chi connectivity index (χ3n) is 3.27. The normalized spacial score (nSPS) is 11.3. The van der Waals surface area contributed by atoms with Gasteiger partial charge in [-0.25, -0.2) is 4.79 Å². The lowest BCUT2D eigenvalue weighted by atomic mass is 9.72. The molecule has 0 amide bonds. The Kier molecular flexibility index (Phi) is 8.02. The molecule has 110 valence electrons. The Morgan fingerprint density at radius 2 is 1.32 bits per heavy atom. The Bertz CT molecular complexity index is 313. The van der Waals surface area contributed by atoms with E-state index in [9.17, 15) is 14.7 Å². The summed E-state index contributed by atoms with van der Waals surface area (Å²) in [4.78, 5) is 22.6. The third-order valence-corrected chi connectivity index (χ3v) is 3.27. The maximum absolute atomic E-state index is 11.5. The van der Waals surface area contributed by atoms with Crippen LogP contribution in [0.15, 0.2) is 12.2 Å². The smallest absolute Gasteiger partial charge is 0.332 e. The average Bonchev–Trinajstić information content (AvgIpc) is 2.36. The van der Waals surface area contributed by atoms with Crippen LogP contribution in [0.5, 0.6) is 0 Å². The predicted octanol–water partition coefficient (Wildman–Crippen LogP) is 1.02. The van der Waals surface area contributed by atoms with Gasteiger partial charge in [0.15, 0.2) is 0 Å². The molecule has 0 saturated carbocycles. The highest BCUT2D eigenvalue weighted by Gasteiger charge is 2.43. The molecule has 0 heterocycles. The Hall–Kier alpha value is -1.40. The molecule has 0 unspecified atom stereocenters. The molecule has 0 rings (SSSR count). The van der Waals surface area contributed by atoms with E-state index in [0.717, 1.165) is 0 Å². The summed E-state index contributed by atoms with van der Waals surface area (Å²) in [6, 6.07) is 0. The van der Waals surface area contributed by atoms with Crippen molar-refractivity contribution >= 4 is 11.9 Å². The summed E-state index contributed by atoms with van der Waals surface area (Å²) >= 11 is 0. The lowest BCUT2D eigenvalue weighted by Crippen LogP contribution is -2.36. The number of aliphatic hydroxyl groups excluding tert-OH is 2. The van der Waals surface area contributed by atoms with Gasteiger partial charge in [-0.1, -0.05) is 6.58 Å². The Balaban J connectivity index is 5.05. The molecule has 0 saturated heterocycles. The highest BCUT2D eigenvalue weighted by atomic mass is 16.4. The number of hydrogen-bond acceptors (Lipinski definition) is 4. The van der Waals surface area contributed by atoms with Crippen molar-refractivity contribution in [3.63, 3.8) is 0 Å². The zero-order chi connectivity index (χ0) is 14.9. The molecule has 0 spiro atoms. The Morgan fingerprint density at radius 3 is 1.58 bits per heavy atom. The first-order valence-corrected chi connectivity index (χ1v) is 6.30. The maximum Gasteiger partial charge on any atom is 0.332 e. The third kappa shape index (κ3) is 5.00. The zero-order valence-electron chi connectivity index (χ0n) is 11.0. The fourth-order valence-electron chi connectivity index (χ4n) is 2.05. The van der Waals surface area contributed by atoms with Crippen molar-refractivity contribution in [1.29, 1.82) is 0 Å². The van der Waals surface area contributed by atoms with Gasteiger partial charge in [-0.05, 0) is 38.5 Å². The van der Waals surface area contributed by atoms with Crippen LogP contribution < -0.4 is 0 Å². The van der Waals surface area contributed by atoms with Crippen molar-refractivity contribution in [3.05, 3.63) is 12.2 Å². The fourth-order valence-corrected chi connectivity index (χ4v) is 2.05. The molecular formula is C13H22O6. The van der Waals surface area contributed by atoms with Gasteiger partial charge >= 0.3 is 11.9 Å². The van der Waals surface area contributed by atoms with Crippen molar-refractivity contribution in [3.8, 4) is 0 Å². The van der Waals surface area contributed by atoms with Gasteiger partial charge in [0.25, 0.3) is 0 Å². The van der Waals surface area contributed by atoms with E-state index in [1.807, 2.05) is 0 Å². The number of hydrogen-bond donors (Lipinski definition) is 4. The van der Waals surface area contributed by atoms with E-state index in [1.165, 1.54) is 0 Å². The second kappa shape index (κ2) is 8.66. The number of aliphatic carboxylic acids is 2. The van der Waals surface area contributed by atoms with Crippen LogP contribution in [0, 0.1) is 5.41 Å². The summed E-state index contributed by atoms with van der Waals surface area (Å²) in [5.74, 6) is -2.54. The van der Waals surface area contributed by atoms with Crippen molar-refractivity contribution in [1.82, 2.24) is 0 Å². The molecule has 0 aromatic rings. The van der Waals surface area contributed by atoms with E-state index in [2.05, 4.69) is 6.58 Å². The molecule has 0 bridgehead atoms. The molecule has 0 aromatic heterocycles. The van der Waals surface area contributed by atoms with Crippen LogP contribution in [0.1, 0.15) is 38.5 Å². The lowest BCUT2D eigenvalue weighted by molar-refractivity contribution is -0.151. The van der Waals surface area contributed by atoms with Crippen molar-refractivity contribution in [2.75, 3.05) is 13.2 Å². The van der Waals surface area contributed by atoms with E-state index in [0.29, 0.717) is 25.7 Å². The minimum absolute atomic E-state index is 0.0636. The molecule has 4 N–H and O–H groups in total. The van der Waals surface area contributed by atoms with E-state index in [-0.39, 0.29) is 31.6 Å². The SMILES string of the molecule is C=C(C(=O)O)C(CCCCO)(CCCCO)C(=O)O. The predicted molar refractivity (Wildman–Crippen MR) is 68.7 cm³/mol. The van der Waals surface area contributed by atoms with Crippen LogP contribution in [0.2, 0.25) is 0 Å². The number of carboxylic acids is 2. The van der Waals surface area contributed by atoms with Gasteiger partial charge in [0, 0.05) is 18.8 Å². The molecule has 0 aliphatic carbocycles. The summed E-state index contributed by atoms with van der Waals surface area (Å²) in [7, 11) is 0. The van der Waals surface area contributed by atoms with Crippen LogP contribution in [-0.4, -0.2) is 45.6 Å². The summed E-state index contributed by atoms with van der Waals surface area (Å²) in [5.41, 5.74) is -1.85. The first-order chi connectivity index (χ1) is 8.92. The molecule has 6 nitrogen and oxygen atoms in total. The van der Waals surface area contributed by atoms with Crippen molar-refractivity contribution in [2.24, 2.45) is 5.41 Å². The van der Waals surface area contributed by atoms with E-state index in [1.54, 1.807) is 0 Å². The first kappa shape index (κ1) is 17.6. The van der Waals surface area contributed by atoms with E-state index in [4.69, 9.17) is 15.3 Å². The molecule has 0 fully saturated rings. The Morgan fingerprint density at radius 1 is 0.895 bits per heavy atom. The summed E-state index contributed by atoms with van der Waals surface area (Å²) in [6.45, 7) is 3.27. The number of unbranched alkanes of at least 4 members (excludes halogenated alkanes) is 2. The van der Waals surface area contributed by atoms with Gasteiger partial charge in [0.1, 0.15) is 0 Å². The quantitative estimate of drug-likeness (QED) is 0.330. The molecule has 0 aliphatic heterocycles. The summed E-state index contributed by atoms with van der Waals surface area (Å²) < 4.78 is 0. The number of carboxylic acid groups (broad SMARTS) is 2. The second-order valence-corrected chi connectivity index (χ2v) is 4.53.